The number of ether oxygens (including phenoxy) is 1. The van der Waals surface area contributed by atoms with E-state index < -0.39 is 12.7 Å². The van der Waals surface area contributed by atoms with Crippen LogP contribution in [0.2, 0.25) is 0 Å². The van der Waals surface area contributed by atoms with E-state index in [-0.39, 0.29) is 12.6 Å². The van der Waals surface area contributed by atoms with Crippen molar-refractivity contribution in [1.29, 1.82) is 0 Å². The number of hydrogen-bond donors (Lipinski definition) is 2. The lowest BCUT2D eigenvalue weighted by Crippen LogP contribution is -2.21. The molecule has 4 heteroatoms. The Morgan fingerprint density at radius 3 is 2.04 bits per heavy atom. The number of allylic oxidation sites excluding steroid dienone is 6. The van der Waals surface area contributed by atoms with Gasteiger partial charge in [-0.2, -0.15) is 0 Å². The Bertz CT molecular complexity index is 413. The fourth-order valence-electron chi connectivity index (χ4n) is 2.50. The fourth-order valence-corrected chi connectivity index (χ4v) is 2.50. The highest BCUT2D eigenvalue weighted by atomic mass is 16.5. The SMILES string of the molecule is CCCCCCCCC=CCC=CCC=CCCCC(=O)OC[C@@H](O)CO. The quantitative estimate of drug-likeness (QED) is 0.193. The Morgan fingerprint density at radius 2 is 1.41 bits per heavy atom. The molecule has 0 aliphatic carbocycles. The second kappa shape index (κ2) is 20.9. The van der Waals surface area contributed by atoms with E-state index in [1.807, 2.05) is 0 Å². The largest absolute Gasteiger partial charge is 0.463 e. The third-order valence-electron chi connectivity index (χ3n) is 4.17. The number of aliphatic hydroxyl groups is 2. The van der Waals surface area contributed by atoms with Crippen molar-refractivity contribution in [3.05, 3.63) is 36.5 Å². The Labute approximate surface area is 166 Å². The minimum absolute atomic E-state index is 0.136. The van der Waals surface area contributed by atoms with Crippen molar-refractivity contribution in [3.63, 3.8) is 0 Å². The summed E-state index contributed by atoms with van der Waals surface area (Å²) in [6.07, 6.45) is 25.2. The average Bonchev–Trinajstić information content (AvgIpc) is 2.68. The van der Waals surface area contributed by atoms with Crippen LogP contribution in [-0.2, 0) is 9.53 Å². The molecule has 0 fully saturated rings. The van der Waals surface area contributed by atoms with E-state index in [1.165, 1.54) is 44.9 Å². The van der Waals surface area contributed by atoms with Crippen LogP contribution < -0.4 is 0 Å². The van der Waals surface area contributed by atoms with Gasteiger partial charge in [0, 0.05) is 6.42 Å². The molecule has 0 radical (unpaired) electrons. The smallest absolute Gasteiger partial charge is 0.305 e. The molecule has 0 aromatic heterocycles. The van der Waals surface area contributed by atoms with Gasteiger partial charge >= 0.3 is 5.97 Å². The zero-order valence-corrected chi connectivity index (χ0v) is 17.2. The topological polar surface area (TPSA) is 66.8 Å². The Kier molecular flexibility index (Phi) is 19.8. The van der Waals surface area contributed by atoms with Crippen LogP contribution in [0.5, 0.6) is 0 Å². The summed E-state index contributed by atoms with van der Waals surface area (Å²) in [7, 11) is 0. The molecule has 0 heterocycles. The molecule has 0 aliphatic heterocycles. The lowest BCUT2D eigenvalue weighted by atomic mass is 10.1. The maximum atomic E-state index is 11.4. The second-order valence-electron chi connectivity index (χ2n) is 6.85. The molecule has 0 rings (SSSR count). The molecule has 2 N–H and O–H groups in total. The molecule has 0 amide bonds. The number of rotatable bonds is 18. The third-order valence-corrected chi connectivity index (χ3v) is 4.17. The molecule has 0 bridgehead atoms. The summed E-state index contributed by atoms with van der Waals surface area (Å²) in [5, 5.41) is 17.7. The van der Waals surface area contributed by atoms with Gasteiger partial charge in [0.15, 0.2) is 0 Å². The number of carbonyl (C=O) groups excluding carboxylic acids is 1. The van der Waals surface area contributed by atoms with Gasteiger partial charge in [-0.25, -0.2) is 0 Å². The van der Waals surface area contributed by atoms with Crippen LogP contribution >= 0.6 is 0 Å². The molecule has 0 aliphatic rings. The van der Waals surface area contributed by atoms with Crippen LogP contribution in [0.15, 0.2) is 36.5 Å². The molecule has 0 spiro atoms. The monoisotopic (exact) mass is 380 g/mol. The lowest BCUT2D eigenvalue weighted by Gasteiger charge is -2.07. The van der Waals surface area contributed by atoms with E-state index in [9.17, 15) is 4.79 Å². The van der Waals surface area contributed by atoms with Crippen molar-refractivity contribution in [2.24, 2.45) is 0 Å². The minimum atomic E-state index is -0.981. The first-order valence-corrected chi connectivity index (χ1v) is 10.6. The standard InChI is InChI=1S/C23H40O4/c1-2-3-4-5-6-7-8-9-10-11-12-13-14-15-16-17-18-19-23(26)27-21-22(25)20-24/h9-10,12-13,15-16,22,24-25H,2-8,11,14,17-21H2,1H3/t22-/m0/s1. The molecule has 1 atom stereocenters. The normalized spacial score (nSPS) is 13.1. The number of unbranched alkanes of at least 4 members (excludes halogenated alkanes) is 7. The van der Waals surface area contributed by atoms with Crippen molar-refractivity contribution in [3.8, 4) is 0 Å². The highest BCUT2D eigenvalue weighted by molar-refractivity contribution is 5.69. The van der Waals surface area contributed by atoms with Gasteiger partial charge in [-0.15, -0.1) is 0 Å². The van der Waals surface area contributed by atoms with Crippen LogP contribution in [0, 0.1) is 0 Å². The maximum Gasteiger partial charge on any atom is 0.305 e. The van der Waals surface area contributed by atoms with Crippen molar-refractivity contribution in [2.75, 3.05) is 13.2 Å². The summed E-state index contributed by atoms with van der Waals surface area (Å²) in [4.78, 5) is 11.4. The zero-order valence-electron chi connectivity index (χ0n) is 17.2. The summed E-state index contributed by atoms with van der Waals surface area (Å²) in [5.41, 5.74) is 0. The lowest BCUT2D eigenvalue weighted by molar-refractivity contribution is -0.147. The molecule has 0 aromatic carbocycles. The first-order chi connectivity index (χ1) is 13.2. The van der Waals surface area contributed by atoms with Crippen molar-refractivity contribution < 1.29 is 19.7 Å². The number of carbonyl (C=O) groups is 1. The summed E-state index contributed by atoms with van der Waals surface area (Å²) in [6, 6.07) is 0. The predicted molar refractivity (Wildman–Crippen MR) is 113 cm³/mol. The van der Waals surface area contributed by atoms with Gasteiger partial charge in [0.1, 0.15) is 12.7 Å². The molecular formula is C23H40O4. The van der Waals surface area contributed by atoms with Gasteiger partial charge < -0.3 is 14.9 Å². The molecule has 0 saturated heterocycles. The molecule has 0 saturated carbocycles. The van der Waals surface area contributed by atoms with Crippen LogP contribution in [0.1, 0.15) is 84.0 Å². The van der Waals surface area contributed by atoms with Crippen LogP contribution in [0.25, 0.3) is 0 Å². The molecule has 27 heavy (non-hydrogen) atoms. The summed E-state index contributed by atoms with van der Waals surface area (Å²) in [6.45, 7) is 1.72. The summed E-state index contributed by atoms with van der Waals surface area (Å²) >= 11 is 0. The summed E-state index contributed by atoms with van der Waals surface area (Å²) < 4.78 is 4.83. The second-order valence-corrected chi connectivity index (χ2v) is 6.85. The number of esters is 1. The van der Waals surface area contributed by atoms with Gasteiger partial charge in [0.25, 0.3) is 0 Å². The number of aliphatic hydroxyl groups excluding tert-OH is 2. The molecule has 0 aromatic rings. The van der Waals surface area contributed by atoms with Gasteiger partial charge in [-0.05, 0) is 38.5 Å². The predicted octanol–water partition coefficient (Wildman–Crippen LogP) is 5.25. The van der Waals surface area contributed by atoms with E-state index in [2.05, 4.69) is 43.4 Å². The van der Waals surface area contributed by atoms with E-state index in [0.717, 1.165) is 25.7 Å². The average molecular weight is 381 g/mol. The maximum absolute atomic E-state index is 11.4. The van der Waals surface area contributed by atoms with E-state index >= 15 is 0 Å². The van der Waals surface area contributed by atoms with Crippen LogP contribution in [-0.4, -0.2) is 35.5 Å². The van der Waals surface area contributed by atoms with Gasteiger partial charge in [0.2, 0.25) is 0 Å². The Hall–Kier alpha value is -1.39. The Morgan fingerprint density at radius 1 is 0.852 bits per heavy atom. The molecular weight excluding hydrogens is 340 g/mol. The molecule has 156 valence electrons. The van der Waals surface area contributed by atoms with Crippen LogP contribution in [0.4, 0.5) is 0 Å². The fraction of sp³-hybridized carbons (Fsp3) is 0.696. The van der Waals surface area contributed by atoms with E-state index in [0.29, 0.717) is 6.42 Å². The third kappa shape index (κ3) is 20.8. The van der Waals surface area contributed by atoms with Gasteiger partial charge in [-0.1, -0.05) is 75.5 Å². The van der Waals surface area contributed by atoms with Crippen LogP contribution in [0.3, 0.4) is 0 Å². The van der Waals surface area contributed by atoms with Gasteiger partial charge in [-0.3, -0.25) is 4.79 Å². The number of hydrogen-bond acceptors (Lipinski definition) is 4. The zero-order chi connectivity index (χ0) is 20.0. The summed E-state index contributed by atoms with van der Waals surface area (Å²) in [5.74, 6) is -0.330. The highest BCUT2D eigenvalue weighted by Crippen LogP contribution is 2.07. The molecule has 4 nitrogen and oxygen atoms in total. The Balaban J connectivity index is 3.42. The van der Waals surface area contributed by atoms with E-state index in [1.54, 1.807) is 0 Å². The van der Waals surface area contributed by atoms with Crippen molar-refractivity contribution >= 4 is 5.97 Å². The van der Waals surface area contributed by atoms with E-state index in [4.69, 9.17) is 14.9 Å². The molecule has 0 unspecified atom stereocenters. The van der Waals surface area contributed by atoms with Crippen molar-refractivity contribution in [2.45, 2.75) is 90.1 Å². The highest BCUT2D eigenvalue weighted by Gasteiger charge is 2.06. The minimum Gasteiger partial charge on any atom is -0.463 e. The van der Waals surface area contributed by atoms with Gasteiger partial charge in [0.05, 0.1) is 6.61 Å². The van der Waals surface area contributed by atoms with Crippen molar-refractivity contribution in [1.82, 2.24) is 0 Å². The first-order valence-electron chi connectivity index (χ1n) is 10.6. The first kappa shape index (κ1) is 25.6.